The summed E-state index contributed by atoms with van der Waals surface area (Å²) in [7, 11) is 0. The number of hydrogen-bond donors (Lipinski definition) is 2. The Kier molecular flexibility index (Phi) is 4.63. The van der Waals surface area contributed by atoms with Crippen molar-refractivity contribution in [1.29, 1.82) is 0 Å². The van der Waals surface area contributed by atoms with Gasteiger partial charge in [-0.05, 0) is 17.2 Å². The zero-order valence-corrected chi connectivity index (χ0v) is 15.8. The molecule has 138 valence electrons. The third kappa shape index (κ3) is 3.25. The highest BCUT2D eigenvalue weighted by Crippen LogP contribution is 2.42. The zero-order chi connectivity index (χ0) is 19.7. The molecule has 0 radical (unpaired) electrons. The Morgan fingerprint density at radius 3 is 2.14 bits per heavy atom. The number of carbonyl (C=O) groups is 2. The fourth-order valence-electron chi connectivity index (χ4n) is 3.15. The largest absolute Gasteiger partial charge is 0.477 e. The van der Waals surface area contributed by atoms with Crippen LogP contribution in [-0.2, 0) is 4.79 Å². The Balaban J connectivity index is 2.09. The van der Waals surface area contributed by atoms with Crippen molar-refractivity contribution in [3.63, 3.8) is 0 Å². The highest BCUT2D eigenvalue weighted by Gasteiger charge is 2.23. The van der Waals surface area contributed by atoms with E-state index in [2.05, 4.69) is 5.32 Å². The van der Waals surface area contributed by atoms with Gasteiger partial charge in [-0.15, -0.1) is 11.3 Å². The van der Waals surface area contributed by atoms with Gasteiger partial charge < -0.3 is 10.4 Å². The molecule has 0 aliphatic heterocycles. The lowest BCUT2D eigenvalue weighted by molar-refractivity contribution is -0.114. The van der Waals surface area contributed by atoms with Crippen LogP contribution < -0.4 is 5.32 Å². The standard InChI is InChI=1S/C22H16N2O3S/c1-13(25)23-19-18-16(14-8-4-2-5-9-14)12-17(15-10-6-3-7-11-15)24-21(18)28-20(19)22(26)27/h2-12H,1H3,(H,23,25)(H,26,27). The van der Waals surface area contributed by atoms with Crippen LogP contribution in [0.3, 0.4) is 0 Å². The van der Waals surface area contributed by atoms with Gasteiger partial charge in [0.25, 0.3) is 0 Å². The predicted octanol–water partition coefficient (Wildman–Crippen LogP) is 5.29. The summed E-state index contributed by atoms with van der Waals surface area (Å²) in [6.45, 7) is 1.36. The Morgan fingerprint density at radius 2 is 1.57 bits per heavy atom. The van der Waals surface area contributed by atoms with E-state index in [4.69, 9.17) is 4.98 Å². The van der Waals surface area contributed by atoms with Crippen LogP contribution in [0.5, 0.6) is 0 Å². The van der Waals surface area contributed by atoms with E-state index in [9.17, 15) is 14.7 Å². The number of aromatic carboxylic acids is 1. The maximum absolute atomic E-state index is 11.8. The molecule has 2 aromatic heterocycles. The molecule has 0 unspecified atom stereocenters. The quantitative estimate of drug-likeness (QED) is 0.498. The third-order valence-electron chi connectivity index (χ3n) is 4.31. The van der Waals surface area contributed by atoms with Gasteiger partial charge in [0.1, 0.15) is 9.71 Å². The fourth-order valence-corrected chi connectivity index (χ4v) is 4.14. The number of hydrogen-bond acceptors (Lipinski definition) is 4. The van der Waals surface area contributed by atoms with Crippen molar-refractivity contribution in [3.8, 4) is 22.4 Å². The van der Waals surface area contributed by atoms with Crippen LogP contribution in [0.2, 0.25) is 0 Å². The molecule has 0 bridgehead atoms. The summed E-state index contributed by atoms with van der Waals surface area (Å²) in [6, 6.07) is 21.3. The Hall–Kier alpha value is -3.51. The van der Waals surface area contributed by atoms with Crippen molar-refractivity contribution in [2.24, 2.45) is 0 Å². The molecule has 4 aromatic rings. The lowest BCUT2D eigenvalue weighted by atomic mass is 9.99. The van der Waals surface area contributed by atoms with Gasteiger partial charge in [0, 0.05) is 17.9 Å². The van der Waals surface area contributed by atoms with Crippen LogP contribution in [0.1, 0.15) is 16.6 Å². The minimum atomic E-state index is -1.09. The highest BCUT2D eigenvalue weighted by molar-refractivity contribution is 7.21. The molecular formula is C22H16N2O3S. The molecule has 6 heteroatoms. The molecule has 5 nitrogen and oxygen atoms in total. The number of rotatable bonds is 4. The average Bonchev–Trinajstić information content (AvgIpc) is 3.07. The molecule has 1 amide bonds. The van der Waals surface area contributed by atoms with Gasteiger partial charge in [-0.2, -0.15) is 0 Å². The van der Waals surface area contributed by atoms with Gasteiger partial charge in [0.15, 0.2) is 0 Å². The first-order chi connectivity index (χ1) is 13.5. The topological polar surface area (TPSA) is 79.3 Å². The number of nitrogens with one attached hydrogen (secondary N) is 1. The summed E-state index contributed by atoms with van der Waals surface area (Å²) in [4.78, 5) is 28.9. The number of pyridine rings is 1. The summed E-state index contributed by atoms with van der Waals surface area (Å²) in [5.41, 5.74) is 3.74. The average molecular weight is 388 g/mol. The number of nitrogens with zero attached hydrogens (tertiary/aromatic N) is 1. The molecule has 2 heterocycles. The smallest absolute Gasteiger partial charge is 0.348 e. The Bertz CT molecular complexity index is 1180. The molecule has 0 saturated carbocycles. The number of benzene rings is 2. The van der Waals surface area contributed by atoms with Crippen LogP contribution in [0.25, 0.3) is 32.6 Å². The number of carboxylic acid groups (broad SMARTS) is 1. The second-order valence-corrected chi connectivity index (χ2v) is 7.26. The SMILES string of the molecule is CC(=O)Nc1c(C(=O)O)sc2nc(-c3ccccc3)cc(-c3ccccc3)c12. The number of thiophene rings is 1. The van der Waals surface area contributed by atoms with Crippen molar-refractivity contribution < 1.29 is 14.7 Å². The van der Waals surface area contributed by atoms with Crippen molar-refractivity contribution in [1.82, 2.24) is 4.98 Å². The number of fused-ring (bicyclic) bond motifs is 1. The molecule has 0 spiro atoms. The molecule has 0 fully saturated rings. The van der Waals surface area contributed by atoms with E-state index >= 15 is 0 Å². The lowest BCUT2D eigenvalue weighted by Gasteiger charge is -2.10. The monoisotopic (exact) mass is 388 g/mol. The summed E-state index contributed by atoms with van der Waals surface area (Å²) in [5, 5.41) is 13.0. The van der Waals surface area contributed by atoms with E-state index < -0.39 is 5.97 Å². The molecule has 28 heavy (non-hydrogen) atoms. The van der Waals surface area contributed by atoms with E-state index in [1.807, 2.05) is 66.7 Å². The highest BCUT2D eigenvalue weighted by atomic mass is 32.1. The van der Waals surface area contributed by atoms with Gasteiger partial charge in [-0.1, -0.05) is 60.7 Å². The number of anilines is 1. The molecule has 0 aliphatic carbocycles. The Labute approximate surface area is 165 Å². The molecule has 0 aliphatic rings. The summed E-state index contributed by atoms with van der Waals surface area (Å²) in [5.74, 6) is -1.42. The molecule has 2 aromatic carbocycles. The minimum absolute atomic E-state index is 0.0695. The summed E-state index contributed by atoms with van der Waals surface area (Å²) in [6.07, 6.45) is 0. The molecule has 2 N–H and O–H groups in total. The van der Waals surface area contributed by atoms with E-state index in [0.29, 0.717) is 15.9 Å². The van der Waals surface area contributed by atoms with Crippen molar-refractivity contribution in [2.45, 2.75) is 6.92 Å². The van der Waals surface area contributed by atoms with Crippen LogP contribution in [0.15, 0.2) is 66.7 Å². The van der Waals surface area contributed by atoms with Gasteiger partial charge in [-0.3, -0.25) is 4.79 Å². The normalized spacial score (nSPS) is 10.8. The number of aromatic nitrogens is 1. The van der Waals surface area contributed by atoms with Crippen molar-refractivity contribution >= 4 is 39.1 Å². The van der Waals surface area contributed by atoms with E-state index in [-0.39, 0.29) is 10.8 Å². The number of amides is 1. The van der Waals surface area contributed by atoms with Crippen molar-refractivity contribution in [3.05, 3.63) is 71.6 Å². The minimum Gasteiger partial charge on any atom is -0.477 e. The van der Waals surface area contributed by atoms with E-state index in [1.54, 1.807) is 0 Å². The van der Waals surface area contributed by atoms with Crippen LogP contribution in [0.4, 0.5) is 5.69 Å². The van der Waals surface area contributed by atoms with Gasteiger partial charge in [-0.25, -0.2) is 9.78 Å². The number of carbonyl (C=O) groups excluding carboxylic acids is 1. The van der Waals surface area contributed by atoms with Crippen LogP contribution >= 0.6 is 11.3 Å². The van der Waals surface area contributed by atoms with Gasteiger partial charge in [0.2, 0.25) is 5.91 Å². The van der Waals surface area contributed by atoms with E-state index in [1.165, 1.54) is 6.92 Å². The summed E-state index contributed by atoms with van der Waals surface area (Å²) < 4.78 is 0. The Morgan fingerprint density at radius 1 is 0.964 bits per heavy atom. The maximum Gasteiger partial charge on any atom is 0.348 e. The third-order valence-corrected chi connectivity index (χ3v) is 5.38. The summed E-state index contributed by atoms with van der Waals surface area (Å²) >= 11 is 1.07. The van der Waals surface area contributed by atoms with Gasteiger partial charge in [0.05, 0.1) is 11.4 Å². The lowest BCUT2D eigenvalue weighted by Crippen LogP contribution is -2.09. The molecular weight excluding hydrogens is 372 g/mol. The molecule has 0 atom stereocenters. The van der Waals surface area contributed by atoms with E-state index in [0.717, 1.165) is 33.7 Å². The first-order valence-corrected chi connectivity index (χ1v) is 9.45. The fraction of sp³-hybridized carbons (Fsp3) is 0.0455. The first kappa shape index (κ1) is 17.9. The molecule has 0 saturated heterocycles. The van der Waals surface area contributed by atoms with Crippen LogP contribution in [0, 0.1) is 0 Å². The van der Waals surface area contributed by atoms with Gasteiger partial charge >= 0.3 is 5.97 Å². The first-order valence-electron chi connectivity index (χ1n) is 8.64. The predicted molar refractivity (Wildman–Crippen MR) is 112 cm³/mol. The molecule has 4 rings (SSSR count). The second-order valence-electron chi connectivity index (χ2n) is 6.26. The number of carboxylic acids is 1. The van der Waals surface area contributed by atoms with Crippen molar-refractivity contribution in [2.75, 3.05) is 5.32 Å². The maximum atomic E-state index is 11.8. The van der Waals surface area contributed by atoms with Crippen LogP contribution in [-0.4, -0.2) is 22.0 Å². The second kappa shape index (κ2) is 7.25. The zero-order valence-electron chi connectivity index (χ0n) is 15.0.